The third-order valence-electron chi connectivity index (χ3n) is 4.61. The zero-order valence-electron chi connectivity index (χ0n) is 15.2. The first-order chi connectivity index (χ1) is 13.7. The Balaban J connectivity index is 1.45. The lowest BCUT2D eigenvalue weighted by molar-refractivity contribution is -0.121. The summed E-state index contributed by atoms with van der Waals surface area (Å²) >= 11 is 2.98. The molecule has 2 aromatic carbocycles. The Labute approximate surface area is 172 Å². The van der Waals surface area contributed by atoms with Gasteiger partial charge in [-0.2, -0.15) is 0 Å². The largest absolute Gasteiger partial charge is 0.279 e. The molecule has 0 saturated carbocycles. The highest BCUT2D eigenvalue weighted by molar-refractivity contribution is 8.00. The first kappa shape index (κ1) is 18.8. The number of aryl methyl sites for hydroxylation is 2. The van der Waals surface area contributed by atoms with Crippen LogP contribution in [0.2, 0.25) is 0 Å². The van der Waals surface area contributed by atoms with Gasteiger partial charge < -0.3 is 0 Å². The molecule has 2 N–H and O–H groups in total. The molecular weight excluding hydrogens is 388 g/mol. The van der Waals surface area contributed by atoms with Gasteiger partial charge in [-0.3, -0.25) is 20.4 Å². The molecule has 0 saturated heterocycles. The summed E-state index contributed by atoms with van der Waals surface area (Å²) in [5, 5.41) is -0.461. The SMILES string of the molecule is O=C(NNC(=O)[C@@H](Sc1ccccc1)c1ccccc1)c1cc2c(s1)CCC2. The van der Waals surface area contributed by atoms with E-state index in [1.54, 1.807) is 0 Å². The van der Waals surface area contributed by atoms with Gasteiger partial charge in [0, 0.05) is 9.77 Å². The Morgan fingerprint density at radius 2 is 1.64 bits per heavy atom. The van der Waals surface area contributed by atoms with E-state index >= 15 is 0 Å². The van der Waals surface area contributed by atoms with Crippen LogP contribution in [-0.4, -0.2) is 11.8 Å². The van der Waals surface area contributed by atoms with Crippen molar-refractivity contribution in [2.75, 3.05) is 0 Å². The molecule has 2 amide bonds. The second kappa shape index (κ2) is 8.63. The van der Waals surface area contributed by atoms with Gasteiger partial charge in [0.1, 0.15) is 5.25 Å². The summed E-state index contributed by atoms with van der Waals surface area (Å²) < 4.78 is 0. The van der Waals surface area contributed by atoms with Crippen LogP contribution in [0, 0.1) is 0 Å². The summed E-state index contributed by atoms with van der Waals surface area (Å²) in [4.78, 5) is 28.3. The van der Waals surface area contributed by atoms with Crippen molar-refractivity contribution in [1.29, 1.82) is 0 Å². The Hall–Kier alpha value is -2.57. The predicted molar refractivity (Wildman–Crippen MR) is 113 cm³/mol. The third kappa shape index (κ3) is 4.29. The number of carbonyl (C=O) groups is 2. The van der Waals surface area contributed by atoms with E-state index in [1.807, 2.05) is 66.7 Å². The average molecular weight is 409 g/mol. The van der Waals surface area contributed by atoms with E-state index in [2.05, 4.69) is 10.9 Å². The van der Waals surface area contributed by atoms with Crippen molar-refractivity contribution in [3.05, 3.63) is 87.6 Å². The Bertz CT molecular complexity index is 949. The van der Waals surface area contributed by atoms with Gasteiger partial charge in [0.05, 0.1) is 4.88 Å². The van der Waals surface area contributed by atoms with Crippen LogP contribution in [-0.2, 0) is 17.6 Å². The number of benzene rings is 2. The van der Waals surface area contributed by atoms with Gasteiger partial charge in [-0.25, -0.2) is 0 Å². The van der Waals surface area contributed by atoms with Crippen molar-refractivity contribution in [1.82, 2.24) is 10.9 Å². The van der Waals surface area contributed by atoms with E-state index in [0.717, 1.165) is 29.7 Å². The lowest BCUT2D eigenvalue weighted by Crippen LogP contribution is -2.43. The molecule has 1 aliphatic rings. The maximum absolute atomic E-state index is 12.9. The minimum atomic E-state index is -0.461. The van der Waals surface area contributed by atoms with Gasteiger partial charge in [-0.05, 0) is 48.6 Å². The average Bonchev–Trinajstić information content (AvgIpc) is 3.34. The van der Waals surface area contributed by atoms with Crippen molar-refractivity contribution >= 4 is 34.9 Å². The number of thioether (sulfide) groups is 1. The maximum atomic E-state index is 12.9. The topological polar surface area (TPSA) is 58.2 Å². The number of carbonyl (C=O) groups excluding carboxylic acids is 2. The highest BCUT2D eigenvalue weighted by Crippen LogP contribution is 2.35. The van der Waals surface area contributed by atoms with Crippen molar-refractivity contribution in [3.63, 3.8) is 0 Å². The zero-order chi connectivity index (χ0) is 19.3. The van der Waals surface area contributed by atoms with Gasteiger partial charge >= 0.3 is 0 Å². The molecule has 3 aromatic rings. The Morgan fingerprint density at radius 3 is 2.36 bits per heavy atom. The molecule has 4 rings (SSSR count). The summed E-state index contributed by atoms with van der Waals surface area (Å²) in [6.45, 7) is 0. The smallest absolute Gasteiger partial charge is 0.272 e. The van der Waals surface area contributed by atoms with Crippen LogP contribution in [0.4, 0.5) is 0 Å². The van der Waals surface area contributed by atoms with Crippen LogP contribution in [0.5, 0.6) is 0 Å². The van der Waals surface area contributed by atoms with Gasteiger partial charge in [0.2, 0.25) is 0 Å². The highest BCUT2D eigenvalue weighted by atomic mass is 32.2. The summed E-state index contributed by atoms with van der Waals surface area (Å²) in [6.07, 6.45) is 3.24. The molecule has 1 aliphatic carbocycles. The van der Waals surface area contributed by atoms with Crippen LogP contribution in [0.25, 0.3) is 0 Å². The molecule has 1 atom stereocenters. The third-order valence-corrected chi connectivity index (χ3v) is 7.11. The standard InChI is InChI=1S/C22H20N2O2S2/c25-21(19-14-16-10-7-13-18(16)28-19)23-24-22(26)20(15-8-3-1-4-9-15)27-17-11-5-2-6-12-17/h1-6,8-9,11-12,14,20H,7,10,13H2,(H,23,25)(H,24,26)/t20-/m0/s1. The summed E-state index contributed by atoms with van der Waals surface area (Å²) in [5.74, 6) is -0.512. The highest BCUT2D eigenvalue weighted by Gasteiger charge is 2.23. The number of nitrogens with one attached hydrogen (secondary N) is 2. The van der Waals surface area contributed by atoms with Crippen LogP contribution in [0.3, 0.4) is 0 Å². The molecule has 142 valence electrons. The molecular formula is C22H20N2O2S2. The fourth-order valence-corrected chi connectivity index (χ4v) is 5.42. The van der Waals surface area contributed by atoms with E-state index in [0.29, 0.717) is 4.88 Å². The fraction of sp³-hybridized carbons (Fsp3) is 0.182. The minimum Gasteiger partial charge on any atom is -0.272 e. The maximum Gasteiger partial charge on any atom is 0.279 e. The van der Waals surface area contributed by atoms with Crippen molar-refractivity contribution in [2.45, 2.75) is 29.4 Å². The summed E-state index contributed by atoms with van der Waals surface area (Å²) in [7, 11) is 0. The molecule has 0 bridgehead atoms. The second-order valence-corrected chi connectivity index (χ2v) is 8.89. The van der Waals surface area contributed by atoms with E-state index < -0.39 is 5.25 Å². The molecule has 4 nitrogen and oxygen atoms in total. The number of fused-ring (bicyclic) bond motifs is 1. The molecule has 0 radical (unpaired) electrons. The molecule has 6 heteroatoms. The number of hydrogen-bond donors (Lipinski definition) is 2. The molecule has 0 fully saturated rings. The molecule has 0 spiro atoms. The zero-order valence-corrected chi connectivity index (χ0v) is 16.8. The van der Waals surface area contributed by atoms with Gasteiger partial charge in [0.25, 0.3) is 11.8 Å². The Morgan fingerprint density at radius 1 is 0.929 bits per heavy atom. The monoisotopic (exact) mass is 408 g/mol. The molecule has 0 unspecified atom stereocenters. The van der Waals surface area contributed by atoms with Crippen molar-refractivity contribution in [3.8, 4) is 0 Å². The van der Waals surface area contributed by atoms with Gasteiger partial charge in [-0.1, -0.05) is 48.5 Å². The number of hydrazine groups is 1. The van der Waals surface area contributed by atoms with Gasteiger partial charge in [0.15, 0.2) is 0 Å². The molecule has 1 aromatic heterocycles. The van der Waals surface area contributed by atoms with Crippen LogP contribution < -0.4 is 10.9 Å². The lowest BCUT2D eigenvalue weighted by Gasteiger charge is -2.17. The van der Waals surface area contributed by atoms with E-state index in [-0.39, 0.29) is 11.8 Å². The quantitative estimate of drug-likeness (QED) is 0.482. The molecule has 28 heavy (non-hydrogen) atoms. The van der Waals surface area contributed by atoms with Crippen LogP contribution in [0.15, 0.2) is 71.6 Å². The Kier molecular flexibility index (Phi) is 5.78. The number of thiophene rings is 1. The van der Waals surface area contributed by atoms with E-state index in [4.69, 9.17) is 0 Å². The lowest BCUT2D eigenvalue weighted by atomic mass is 10.1. The minimum absolute atomic E-state index is 0.252. The fourth-order valence-electron chi connectivity index (χ4n) is 3.22. The summed E-state index contributed by atoms with van der Waals surface area (Å²) in [5.41, 5.74) is 7.35. The van der Waals surface area contributed by atoms with Crippen molar-refractivity contribution in [2.24, 2.45) is 0 Å². The number of hydrogen-bond acceptors (Lipinski definition) is 4. The van der Waals surface area contributed by atoms with Crippen molar-refractivity contribution < 1.29 is 9.59 Å². The van der Waals surface area contributed by atoms with E-state index in [9.17, 15) is 9.59 Å². The first-order valence-corrected chi connectivity index (χ1v) is 10.9. The number of rotatable bonds is 5. The van der Waals surface area contributed by atoms with Gasteiger partial charge in [-0.15, -0.1) is 23.1 Å². The molecule has 0 aliphatic heterocycles. The normalized spacial score (nSPS) is 13.6. The van der Waals surface area contributed by atoms with E-state index in [1.165, 1.54) is 33.5 Å². The second-order valence-electron chi connectivity index (χ2n) is 6.58. The first-order valence-electron chi connectivity index (χ1n) is 9.19. The predicted octanol–water partition coefficient (Wildman–Crippen LogP) is 4.53. The van der Waals surface area contributed by atoms with Crippen LogP contribution in [0.1, 0.15) is 37.3 Å². The molecule has 1 heterocycles. The summed E-state index contributed by atoms with van der Waals surface area (Å²) in [6, 6.07) is 21.3. The van der Waals surface area contributed by atoms with Crippen LogP contribution >= 0.6 is 23.1 Å². The number of amides is 2.